The molecule has 2 unspecified atom stereocenters. The van der Waals surface area contributed by atoms with Gasteiger partial charge in [-0.15, -0.1) is 0 Å². The first-order valence-electron chi connectivity index (χ1n) is 7.83. The molecule has 0 spiro atoms. The van der Waals surface area contributed by atoms with Gasteiger partial charge in [0.1, 0.15) is 0 Å². The zero-order valence-electron chi connectivity index (χ0n) is 13.2. The number of carbonyl (C=O) groups is 2. The van der Waals surface area contributed by atoms with Crippen LogP contribution in [0.1, 0.15) is 31.9 Å². The summed E-state index contributed by atoms with van der Waals surface area (Å²) in [6.07, 6.45) is 0.152. The standard InChI is InChI=1S/C17H24N2O3/c1-3-22-16(20)9-15(13-7-5-4-6-8-13)19-17(21)12(2)14-10-18-11-14/h4-8,12,14-15,18H,3,9-11H2,1-2H3,(H,19,21). The van der Waals surface area contributed by atoms with Gasteiger partial charge in [-0.3, -0.25) is 9.59 Å². The molecular formula is C17H24N2O3. The first kappa shape index (κ1) is 16.5. The van der Waals surface area contributed by atoms with E-state index in [0.717, 1.165) is 18.7 Å². The first-order valence-corrected chi connectivity index (χ1v) is 7.83. The second-order valence-electron chi connectivity index (χ2n) is 5.69. The number of amides is 1. The number of nitrogens with one attached hydrogen (secondary N) is 2. The van der Waals surface area contributed by atoms with Crippen molar-refractivity contribution in [3.63, 3.8) is 0 Å². The van der Waals surface area contributed by atoms with Gasteiger partial charge in [-0.25, -0.2) is 0 Å². The van der Waals surface area contributed by atoms with Crippen LogP contribution in [-0.2, 0) is 14.3 Å². The van der Waals surface area contributed by atoms with Gasteiger partial charge >= 0.3 is 5.97 Å². The van der Waals surface area contributed by atoms with Crippen molar-refractivity contribution in [1.29, 1.82) is 0 Å². The topological polar surface area (TPSA) is 67.4 Å². The fourth-order valence-corrected chi connectivity index (χ4v) is 2.51. The maximum atomic E-state index is 12.4. The van der Waals surface area contributed by atoms with E-state index < -0.39 is 0 Å². The third kappa shape index (κ3) is 4.31. The number of carbonyl (C=O) groups excluding carboxylic acids is 2. The highest BCUT2D eigenvalue weighted by atomic mass is 16.5. The van der Waals surface area contributed by atoms with Crippen LogP contribution in [0, 0.1) is 11.8 Å². The summed E-state index contributed by atoms with van der Waals surface area (Å²) in [5.74, 6) is 0.00735. The third-order valence-electron chi connectivity index (χ3n) is 4.13. The lowest BCUT2D eigenvalue weighted by atomic mass is 9.88. The summed E-state index contributed by atoms with van der Waals surface area (Å²) in [5.41, 5.74) is 0.919. The maximum absolute atomic E-state index is 12.4. The van der Waals surface area contributed by atoms with Gasteiger partial charge in [-0.2, -0.15) is 0 Å². The van der Waals surface area contributed by atoms with E-state index in [2.05, 4.69) is 10.6 Å². The Balaban J connectivity index is 2.03. The van der Waals surface area contributed by atoms with Crippen LogP contribution in [0.15, 0.2) is 30.3 Å². The molecule has 1 amide bonds. The van der Waals surface area contributed by atoms with Gasteiger partial charge in [0.15, 0.2) is 0 Å². The third-order valence-corrected chi connectivity index (χ3v) is 4.13. The summed E-state index contributed by atoms with van der Waals surface area (Å²) in [7, 11) is 0. The Morgan fingerprint density at radius 2 is 2.00 bits per heavy atom. The van der Waals surface area contributed by atoms with Crippen LogP contribution >= 0.6 is 0 Å². The highest BCUT2D eigenvalue weighted by molar-refractivity contribution is 5.80. The van der Waals surface area contributed by atoms with Gasteiger partial charge in [0, 0.05) is 5.92 Å². The Bertz CT molecular complexity index is 500. The molecule has 0 aromatic heterocycles. The fourth-order valence-electron chi connectivity index (χ4n) is 2.51. The van der Waals surface area contributed by atoms with Gasteiger partial charge in [0.2, 0.25) is 5.91 Å². The Hall–Kier alpha value is -1.88. The minimum absolute atomic E-state index is 0.00958. The van der Waals surface area contributed by atoms with Crippen LogP contribution in [0.5, 0.6) is 0 Å². The van der Waals surface area contributed by atoms with Gasteiger partial charge in [0.05, 0.1) is 19.1 Å². The van der Waals surface area contributed by atoms with Crippen molar-refractivity contribution in [3.05, 3.63) is 35.9 Å². The van der Waals surface area contributed by atoms with E-state index >= 15 is 0 Å². The molecule has 1 aromatic carbocycles. The molecule has 2 N–H and O–H groups in total. The van der Waals surface area contributed by atoms with E-state index in [1.165, 1.54) is 0 Å². The lowest BCUT2D eigenvalue weighted by Gasteiger charge is -2.32. The van der Waals surface area contributed by atoms with E-state index in [4.69, 9.17) is 4.74 Å². The Morgan fingerprint density at radius 1 is 1.32 bits per heavy atom. The smallest absolute Gasteiger partial charge is 0.308 e. The highest BCUT2D eigenvalue weighted by Crippen LogP contribution is 2.21. The maximum Gasteiger partial charge on any atom is 0.308 e. The predicted octanol–water partition coefficient (Wildman–Crippen LogP) is 1.65. The number of ether oxygens (including phenoxy) is 1. The lowest BCUT2D eigenvalue weighted by molar-refractivity contribution is -0.144. The van der Waals surface area contributed by atoms with Crippen LogP contribution in [0.2, 0.25) is 0 Å². The van der Waals surface area contributed by atoms with Crippen LogP contribution < -0.4 is 10.6 Å². The quantitative estimate of drug-likeness (QED) is 0.752. The molecule has 1 aliphatic rings. The van der Waals surface area contributed by atoms with Gasteiger partial charge < -0.3 is 15.4 Å². The molecule has 5 nitrogen and oxygen atoms in total. The SMILES string of the molecule is CCOC(=O)CC(NC(=O)C(C)C1CNC1)c1ccccc1. The molecule has 2 rings (SSSR count). The molecule has 0 aliphatic carbocycles. The highest BCUT2D eigenvalue weighted by Gasteiger charge is 2.30. The van der Waals surface area contributed by atoms with E-state index in [1.54, 1.807) is 6.92 Å². The molecule has 1 aromatic rings. The van der Waals surface area contributed by atoms with Crippen molar-refractivity contribution >= 4 is 11.9 Å². The molecule has 1 aliphatic heterocycles. The molecule has 5 heteroatoms. The summed E-state index contributed by atoms with van der Waals surface area (Å²) >= 11 is 0. The lowest BCUT2D eigenvalue weighted by Crippen LogP contribution is -2.50. The van der Waals surface area contributed by atoms with Crippen LogP contribution in [0.4, 0.5) is 0 Å². The van der Waals surface area contributed by atoms with E-state index in [0.29, 0.717) is 12.5 Å². The Kier molecular flexibility index (Phi) is 5.95. The molecule has 1 fully saturated rings. The van der Waals surface area contributed by atoms with Crippen molar-refractivity contribution in [3.8, 4) is 0 Å². The van der Waals surface area contributed by atoms with Crippen molar-refractivity contribution in [2.75, 3.05) is 19.7 Å². The normalized spacial score (nSPS) is 17.2. The molecule has 120 valence electrons. The summed E-state index contributed by atoms with van der Waals surface area (Å²) in [5, 5.41) is 6.18. The Morgan fingerprint density at radius 3 is 2.55 bits per heavy atom. The molecule has 0 radical (unpaired) electrons. The number of benzene rings is 1. The summed E-state index contributed by atoms with van der Waals surface area (Å²) < 4.78 is 5.02. The number of hydrogen-bond donors (Lipinski definition) is 2. The van der Waals surface area contributed by atoms with E-state index in [9.17, 15) is 9.59 Å². The second kappa shape index (κ2) is 7.94. The van der Waals surface area contributed by atoms with Crippen molar-refractivity contribution in [1.82, 2.24) is 10.6 Å². The van der Waals surface area contributed by atoms with Crippen LogP contribution in [0.3, 0.4) is 0 Å². The summed E-state index contributed by atoms with van der Waals surface area (Å²) in [4.78, 5) is 24.2. The van der Waals surface area contributed by atoms with E-state index in [1.807, 2.05) is 37.3 Å². The zero-order valence-corrected chi connectivity index (χ0v) is 13.2. The molecule has 0 bridgehead atoms. The first-order chi connectivity index (χ1) is 10.6. The van der Waals surface area contributed by atoms with Crippen molar-refractivity contribution < 1.29 is 14.3 Å². The number of esters is 1. The monoisotopic (exact) mass is 304 g/mol. The van der Waals surface area contributed by atoms with Crippen molar-refractivity contribution in [2.24, 2.45) is 11.8 Å². The van der Waals surface area contributed by atoms with E-state index in [-0.39, 0.29) is 30.3 Å². The predicted molar refractivity (Wildman–Crippen MR) is 84.1 cm³/mol. The second-order valence-corrected chi connectivity index (χ2v) is 5.69. The average molecular weight is 304 g/mol. The molecule has 0 saturated carbocycles. The number of hydrogen-bond acceptors (Lipinski definition) is 4. The van der Waals surface area contributed by atoms with Crippen LogP contribution in [-0.4, -0.2) is 31.6 Å². The van der Waals surface area contributed by atoms with Crippen molar-refractivity contribution in [2.45, 2.75) is 26.3 Å². The van der Waals surface area contributed by atoms with Gasteiger partial charge in [0.25, 0.3) is 0 Å². The largest absolute Gasteiger partial charge is 0.466 e. The minimum atomic E-state index is -0.344. The molecule has 22 heavy (non-hydrogen) atoms. The fraction of sp³-hybridized carbons (Fsp3) is 0.529. The average Bonchev–Trinajstić information content (AvgIpc) is 2.45. The van der Waals surface area contributed by atoms with Gasteiger partial charge in [-0.1, -0.05) is 37.3 Å². The summed E-state index contributed by atoms with van der Waals surface area (Å²) in [6.45, 7) is 5.82. The molecule has 1 saturated heterocycles. The number of rotatable bonds is 7. The minimum Gasteiger partial charge on any atom is -0.466 e. The zero-order chi connectivity index (χ0) is 15.9. The molecule has 2 atom stereocenters. The van der Waals surface area contributed by atoms with Gasteiger partial charge in [-0.05, 0) is 31.5 Å². The Labute approximate surface area is 131 Å². The summed E-state index contributed by atoms with van der Waals surface area (Å²) in [6, 6.07) is 9.20. The molecular weight excluding hydrogens is 280 g/mol. The van der Waals surface area contributed by atoms with Crippen LogP contribution in [0.25, 0.3) is 0 Å². The molecule has 1 heterocycles.